The van der Waals surface area contributed by atoms with Crippen LogP contribution in [0.4, 0.5) is 0 Å². The van der Waals surface area contributed by atoms with Crippen LogP contribution in [0.25, 0.3) is 0 Å². The Labute approximate surface area is 392 Å². The molecule has 0 aromatic rings. The lowest BCUT2D eigenvalue weighted by Gasteiger charge is -2.17. The second-order valence-corrected chi connectivity index (χ2v) is 17.6. The lowest BCUT2D eigenvalue weighted by Crippen LogP contribution is -2.33. The number of hydrogen-bond donors (Lipinski definition) is 3. The van der Waals surface area contributed by atoms with Gasteiger partial charge in [0.1, 0.15) is 5.78 Å². The van der Waals surface area contributed by atoms with Gasteiger partial charge in [-0.2, -0.15) is 0 Å². The number of ether oxygens (including phenoxy) is 5. The number of hydrogen-bond acceptors (Lipinski definition) is 9. The van der Waals surface area contributed by atoms with Crippen molar-refractivity contribution < 1.29 is 42.9 Å². The zero-order chi connectivity index (χ0) is 46.7. The molecule has 0 fully saturated rings. The van der Waals surface area contributed by atoms with Crippen LogP contribution >= 0.6 is 0 Å². The fraction of sp³-hybridized carbons (Fsp3) is 0.923. The average molecular weight is 912 g/mol. The minimum Gasteiger partial charge on any atom is -0.379 e. The summed E-state index contributed by atoms with van der Waals surface area (Å²) in [5.74, 6) is -0.132. The van der Waals surface area contributed by atoms with Crippen molar-refractivity contribution in [3.05, 3.63) is 0 Å². The summed E-state index contributed by atoms with van der Waals surface area (Å²) < 4.78 is 27.4. The zero-order valence-corrected chi connectivity index (χ0v) is 41.9. The molecular formula is C52H101N3O9. The molecule has 12 heteroatoms. The predicted octanol–water partition coefficient (Wildman–Crippen LogP) is 10.8. The zero-order valence-electron chi connectivity index (χ0n) is 41.9. The Morgan fingerprint density at radius 1 is 0.359 bits per heavy atom. The lowest BCUT2D eigenvalue weighted by atomic mass is 9.93. The first kappa shape index (κ1) is 61.9. The molecule has 0 aliphatic heterocycles. The minimum atomic E-state index is -0.344. The average Bonchev–Trinajstić information content (AvgIpc) is 3.29. The largest absolute Gasteiger partial charge is 0.379 e. The van der Waals surface area contributed by atoms with Crippen molar-refractivity contribution in [1.29, 1.82) is 0 Å². The molecule has 1 atom stereocenters. The summed E-state index contributed by atoms with van der Waals surface area (Å²) in [7, 11) is 0. The Kier molecular flexibility index (Phi) is 50.1. The van der Waals surface area contributed by atoms with Gasteiger partial charge in [-0.25, -0.2) is 0 Å². The van der Waals surface area contributed by atoms with Crippen molar-refractivity contribution in [1.82, 2.24) is 16.0 Å². The van der Waals surface area contributed by atoms with Crippen LogP contribution in [0.1, 0.15) is 220 Å². The molecule has 3 N–H and O–H groups in total. The van der Waals surface area contributed by atoms with E-state index in [9.17, 15) is 19.2 Å². The summed E-state index contributed by atoms with van der Waals surface area (Å²) >= 11 is 0. The maximum Gasteiger partial charge on any atom is 0.223 e. The molecule has 0 saturated carbocycles. The molecule has 0 spiro atoms. The molecule has 0 aromatic heterocycles. The van der Waals surface area contributed by atoms with E-state index < -0.39 is 0 Å². The Bertz CT molecular complexity index is 1030. The molecular weight excluding hydrogens is 811 g/mol. The summed E-state index contributed by atoms with van der Waals surface area (Å²) in [6.45, 7) is 13.1. The fourth-order valence-electron chi connectivity index (χ4n) is 7.56. The van der Waals surface area contributed by atoms with E-state index in [2.05, 4.69) is 29.8 Å². The van der Waals surface area contributed by atoms with E-state index in [1.807, 2.05) is 6.92 Å². The normalized spacial score (nSPS) is 11.8. The number of unbranched alkanes of at least 4 members (excludes halogenated alkanes) is 21. The van der Waals surface area contributed by atoms with Crippen molar-refractivity contribution in [3.8, 4) is 0 Å². The predicted molar refractivity (Wildman–Crippen MR) is 262 cm³/mol. The van der Waals surface area contributed by atoms with Crippen molar-refractivity contribution in [2.45, 2.75) is 220 Å². The Morgan fingerprint density at radius 2 is 0.750 bits per heavy atom. The standard InChI is InChI=1S/C52H101N3O9/c1-4-7-9-11-13-15-17-19-21-23-25-32-49(56)47-48(31-27-28-35-53-50(57)33-26-24-22-20-18-16-14-12-10-8-5-2)52(59)55-37-30-39-62-44-46-64-45-43-61-38-29-36-54-51(58)34-40-63-42-41-60-6-3/h48H,4-47H2,1-3H3,(H,53,57)(H,54,58)(H,55,59)/t48-/m0/s1. The fourth-order valence-corrected chi connectivity index (χ4v) is 7.56. The van der Waals surface area contributed by atoms with Crippen LogP contribution < -0.4 is 16.0 Å². The van der Waals surface area contributed by atoms with Crippen molar-refractivity contribution >= 4 is 23.5 Å². The van der Waals surface area contributed by atoms with E-state index in [1.54, 1.807) is 0 Å². The minimum absolute atomic E-state index is 0.0302. The van der Waals surface area contributed by atoms with Gasteiger partial charge in [0.25, 0.3) is 0 Å². The van der Waals surface area contributed by atoms with Crippen LogP contribution in [0.15, 0.2) is 0 Å². The molecule has 378 valence electrons. The third-order valence-electron chi connectivity index (χ3n) is 11.6. The highest BCUT2D eigenvalue weighted by atomic mass is 16.5. The van der Waals surface area contributed by atoms with Crippen LogP contribution in [0, 0.1) is 5.92 Å². The van der Waals surface area contributed by atoms with Gasteiger partial charge < -0.3 is 39.6 Å². The van der Waals surface area contributed by atoms with Crippen molar-refractivity contribution in [3.63, 3.8) is 0 Å². The highest BCUT2D eigenvalue weighted by Gasteiger charge is 2.21. The molecule has 0 rings (SSSR count). The molecule has 3 amide bonds. The van der Waals surface area contributed by atoms with Gasteiger partial charge in [-0.05, 0) is 45.4 Å². The number of amides is 3. The second-order valence-electron chi connectivity index (χ2n) is 17.6. The molecule has 0 aromatic carbocycles. The number of carbonyl (C=O) groups is 4. The molecule has 0 aliphatic carbocycles. The summed E-state index contributed by atoms with van der Waals surface area (Å²) in [6, 6.07) is 0. The summed E-state index contributed by atoms with van der Waals surface area (Å²) in [5.41, 5.74) is 0. The van der Waals surface area contributed by atoms with Gasteiger partial charge in [0.05, 0.1) is 46.2 Å². The van der Waals surface area contributed by atoms with Crippen LogP contribution in [-0.2, 0) is 42.9 Å². The molecule has 0 saturated heterocycles. The van der Waals surface area contributed by atoms with Crippen molar-refractivity contribution in [2.24, 2.45) is 5.92 Å². The van der Waals surface area contributed by atoms with E-state index in [4.69, 9.17) is 23.7 Å². The lowest BCUT2D eigenvalue weighted by molar-refractivity contribution is -0.129. The smallest absolute Gasteiger partial charge is 0.223 e. The van der Waals surface area contributed by atoms with Gasteiger partial charge in [-0.1, -0.05) is 149 Å². The van der Waals surface area contributed by atoms with Gasteiger partial charge in [0, 0.05) is 71.1 Å². The van der Waals surface area contributed by atoms with Gasteiger partial charge in [-0.15, -0.1) is 0 Å². The van der Waals surface area contributed by atoms with Gasteiger partial charge >= 0.3 is 0 Å². The van der Waals surface area contributed by atoms with Gasteiger partial charge in [-0.3, -0.25) is 19.2 Å². The van der Waals surface area contributed by atoms with Gasteiger partial charge in [0.15, 0.2) is 0 Å². The Balaban J connectivity index is 4.23. The van der Waals surface area contributed by atoms with E-state index >= 15 is 0 Å². The summed E-state index contributed by atoms with van der Waals surface area (Å²) in [5, 5.41) is 8.99. The third-order valence-corrected chi connectivity index (χ3v) is 11.6. The highest BCUT2D eigenvalue weighted by molar-refractivity contribution is 5.86. The van der Waals surface area contributed by atoms with Crippen LogP contribution in [-0.4, -0.2) is 109 Å². The molecule has 12 nitrogen and oxygen atoms in total. The summed E-state index contributed by atoms with van der Waals surface area (Å²) in [4.78, 5) is 50.6. The van der Waals surface area contributed by atoms with Crippen molar-refractivity contribution in [2.75, 3.05) is 85.7 Å². The molecule has 0 heterocycles. The number of nitrogens with one attached hydrogen (secondary N) is 3. The topological polar surface area (TPSA) is 151 Å². The Morgan fingerprint density at radius 3 is 1.25 bits per heavy atom. The molecule has 64 heavy (non-hydrogen) atoms. The monoisotopic (exact) mass is 912 g/mol. The number of ketones is 1. The maximum atomic E-state index is 13.3. The van der Waals surface area contributed by atoms with E-state index in [-0.39, 0.29) is 35.8 Å². The first-order chi connectivity index (χ1) is 31.4. The second kappa shape index (κ2) is 51.9. The third kappa shape index (κ3) is 47.8. The first-order valence-electron chi connectivity index (χ1n) is 26.7. The molecule has 0 unspecified atom stereocenters. The number of carbonyl (C=O) groups excluding carboxylic acids is 4. The van der Waals surface area contributed by atoms with Crippen LogP contribution in [0.3, 0.4) is 0 Å². The SMILES string of the molecule is CCCCCCCCCCCCCC(=O)C[C@H](CCCCNC(=O)CCCCCCCCCCCCC)C(=O)NCCCOCCOCCOCCCNC(=O)CCOCCOCC. The number of Topliss-reactive ketones (excluding diaryl/α,β-unsaturated/α-hetero) is 1. The maximum absolute atomic E-state index is 13.3. The van der Waals surface area contributed by atoms with E-state index in [0.29, 0.717) is 118 Å². The highest BCUT2D eigenvalue weighted by Crippen LogP contribution is 2.18. The van der Waals surface area contributed by atoms with E-state index in [0.717, 1.165) is 44.9 Å². The molecule has 0 aliphatic rings. The quantitative estimate of drug-likeness (QED) is 0.0507. The number of rotatable bonds is 53. The van der Waals surface area contributed by atoms with Gasteiger partial charge in [0.2, 0.25) is 17.7 Å². The van der Waals surface area contributed by atoms with Crippen LogP contribution in [0.2, 0.25) is 0 Å². The first-order valence-corrected chi connectivity index (χ1v) is 26.7. The van der Waals surface area contributed by atoms with Crippen LogP contribution in [0.5, 0.6) is 0 Å². The molecule has 0 radical (unpaired) electrons. The summed E-state index contributed by atoms with van der Waals surface area (Å²) in [6.07, 6.45) is 33.0. The Hall–Kier alpha value is -2.12. The molecule has 0 bridgehead atoms. The van der Waals surface area contributed by atoms with E-state index in [1.165, 1.54) is 116 Å².